The molecule has 0 aliphatic heterocycles. The molecule has 0 aliphatic rings. The first-order chi connectivity index (χ1) is 4.13. The number of halogens is 1. The maximum Gasteiger partial charge on any atom is 0.302 e. The Hall–Kier alpha value is -0.770. The molecular formula is C5H11ClN2O2. The Labute approximate surface area is 65.7 Å². The van der Waals surface area contributed by atoms with Gasteiger partial charge in [0.05, 0.1) is 12.4 Å². The molecule has 0 saturated heterocycles. The molecule has 0 saturated carbocycles. The number of carbonyl (C=O) groups is 1. The largest absolute Gasteiger partial charge is 0.465 e. The highest BCUT2D eigenvalue weighted by molar-refractivity contribution is 5.85. The number of hydrogen-bond acceptors (Lipinski definition) is 3. The van der Waals surface area contributed by atoms with Crippen LogP contribution in [-0.2, 0) is 9.53 Å². The van der Waals surface area contributed by atoms with Crippen molar-refractivity contribution in [2.45, 2.75) is 13.3 Å². The van der Waals surface area contributed by atoms with Crippen LogP contribution < -0.4 is 5.73 Å². The highest BCUT2D eigenvalue weighted by atomic mass is 35.5. The quantitative estimate of drug-likeness (QED) is 0.360. The molecule has 10 heavy (non-hydrogen) atoms. The van der Waals surface area contributed by atoms with E-state index in [9.17, 15) is 4.79 Å². The maximum atomic E-state index is 10.1. The molecule has 0 fully saturated rings. The van der Waals surface area contributed by atoms with Crippen LogP contribution in [0.3, 0.4) is 0 Å². The second-order valence-electron chi connectivity index (χ2n) is 1.62. The summed E-state index contributed by atoms with van der Waals surface area (Å²) in [5, 5.41) is 6.73. The molecule has 0 rings (SSSR count). The highest BCUT2D eigenvalue weighted by Gasteiger charge is 1.92. The topological polar surface area (TPSA) is 76.2 Å². The van der Waals surface area contributed by atoms with Gasteiger partial charge in [0.2, 0.25) is 0 Å². The van der Waals surface area contributed by atoms with Crippen LogP contribution in [0.4, 0.5) is 0 Å². The standard InChI is InChI=1S/C5H10N2O2.ClH/c1-4(8)9-3-2-5(6)7;/h2-3H2,1H3,(H3,6,7);1H. The number of nitrogens with two attached hydrogens (primary N) is 1. The van der Waals surface area contributed by atoms with E-state index in [0.717, 1.165) is 0 Å². The van der Waals surface area contributed by atoms with E-state index < -0.39 is 0 Å². The fourth-order valence-electron chi connectivity index (χ4n) is 0.305. The summed E-state index contributed by atoms with van der Waals surface area (Å²) in [7, 11) is 0. The number of ether oxygens (including phenoxy) is 1. The molecule has 0 spiro atoms. The Morgan fingerprint density at radius 3 is 2.50 bits per heavy atom. The van der Waals surface area contributed by atoms with E-state index in [2.05, 4.69) is 4.74 Å². The Balaban J connectivity index is 0. The third-order valence-electron chi connectivity index (χ3n) is 0.677. The third kappa shape index (κ3) is 10.3. The summed E-state index contributed by atoms with van der Waals surface area (Å²) in [5.41, 5.74) is 4.97. The number of amidine groups is 1. The van der Waals surface area contributed by atoms with Gasteiger partial charge in [-0.3, -0.25) is 10.2 Å². The maximum absolute atomic E-state index is 10.1. The van der Waals surface area contributed by atoms with E-state index in [1.165, 1.54) is 6.92 Å². The van der Waals surface area contributed by atoms with Crippen molar-refractivity contribution < 1.29 is 9.53 Å². The van der Waals surface area contributed by atoms with Crippen molar-refractivity contribution in [1.82, 2.24) is 0 Å². The lowest BCUT2D eigenvalue weighted by atomic mass is 10.4. The number of rotatable bonds is 3. The van der Waals surface area contributed by atoms with Crippen molar-refractivity contribution in [3.05, 3.63) is 0 Å². The van der Waals surface area contributed by atoms with Gasteiger partial charge in [-0.2, -0.15) is 0 Å². The molecule has 4 nitrogen and oxygen atoms in total. The Kier molecular flexibility index (Phi) is 7.60. The SMILES string of the molecule is CC(=O)OCCC(=N)N.Cl. The van der Waals surface area contributed by atoms with Crippen LogP contribution in [0.5, 0.6) is 0 Å². The number of nitrogens with one attached hydrogen (secondary N) is 1. The molecule has 5 heteroatoms. The molecule has 0 amide bonds. The van der Waals surface area contributed by atoms with Crippen LogP contribution in [0.25, 0.3) is 0 Å². The zero-order valence-electron chi connectivity index (χ0n) is 5.72. The van der Waals surface area contributed by atoms with Crippen LogP contribution in [-0.4, -0.2) is 18.4 Å². The van der Waals surface area contributed by atoms with Crippen molar-refractivity contribution >= 4 is 24.2 Å². The van der Waals surface area contributed by atoms with Crippen molar-refractivity contribution in [3.8, 4) is 0 Å². The summed E-state index contributed by atoms with van der Waals surface area (Å²) in [4.78, 5) is 10.1. The second kappa shape index (κ2) is 6.35. The first-order valence-electron chi connectivity index (χ1n) is 2.59. The minimum absolute atomic E-state index is 0. The summed E-state index contributed by atoms with van der Waals surface area (Å²) in [5.74, 6) is -0.299. The van der Waals surface area contributed by atoms with Crippen molar-refractivity contribution in [2.24, 2.45) is 5.73 Å². The van der Waals surface area contributed by atoms with Crippen LogP contribution in [0.15, 0.2) is 0 Å². The van der Waals surface area contributed by atoms with E-state index in [4.69, 9.17) is 11.1 Å². The van der Waals surface area contributed by atoms with Crippen molar-refractivity contribution in [3.63, 3.8) is 0 Å². The van der Waals surface area contributed by atoms with Gasteiger partial charge in [-0.05, 0) is 0 Å². The van der Waals surface area contributed by atoms with Gasteiger partial charge in [-0.15, -0.1) is 12.4 Å². The summed E-state index contributed by atoms with van der Waals surface area (Å²) >= 11 is 0. The molecule has 60 valence electrons. The molecule has 0 atom stereocenters. The van der Waals surface area contributed by atoms with Crippen LogP contribution in [0, 0.1) is 5.41 Å². The number of carbonyl (C=O) groups excluding carboxylic acids is 1. The summed E-state index contributed by atoms with van der Waals surface area (Å²) in [6.07, 6.45) is 0.319. The Morgan fingerprint density at radius 1 is 1.70 bits per heavy atom. The molecule has 0 aromatic heterocycles. The third-order valence-corrected chi connectivity index (χ3v) is 0.677. The predicted molar refractivity (Wildman–Crippen MR) is 40.4 cm³/mol. The molecule has 0 bridgehead atoms. The van der Waals surface area contributed by atoms with Gasteiger partial charge < -0.3 is 10.5 Å². The summed E-state index contributed by atoms with van der Waals surface area (Å²) < 4.78 is 4.49. The smallest absolute Gasteiger partial charge is 0.302 e. The predicted octanol–water partition coefficient (Wildman–Crippen LogP) is 0.297. The number of hydrogen-bond donors (Lipinski definition) is 2. The first-order valence-corrected chi connectivity index (χ1v) is 2.59. The molecule has 0 unspecified atom stereocenters. The van der Waals surface area contributed by atoms with Crippen molar-refractivity contribution in [1.29, 1.82) is 5.41 Å². The van der Waals surface area contributed by atoms with Gasteiger partial charge in [-0.1, -0.05) is 0 Å². The molecule has 0 heterocycles. The molecule has 3 N–H and O–H groups in total. The minimum Gasteiger partial charge on any atom is -0.465 e. The van der Waals surface area contributed by atoms with Gasteiger partial charge in [0.1, 0.15) is 0 Å². The van der Waals surface area contributed by atoms with Gasteiger partial charge in [0.15, 0.2) is 0 Å². The number of esters is 1. The lowest BCUT2D eigenvalue weighted by molar-refractivity contribution is -0.140. The Bertz CT molecular complexity index is 113. The highest BCUT2D eigenvalue weighted by Crippen LogP contribution is 1.80. The zero-order valence-corrected chi connectivity index (χ0v) is 6.53. The van der Waals surface area contributed by atoms with E-state index in [0.29, 0.717) is 6.42 Å². The summed E-state index contributed by atoms with van der Waals surface area (Å²) in [6, 6.07) is 0. The van der Waals surface area contributed by atoms with Gasteiger partial charge in [0, 0.05) is 13.3 Å². The Morgan fingerprint density at radius 2 is 2.20 bits per heavy atom. The molecule has 0 aromatic carbocycles. The van der Waals surface area contributed by atoms with Crippen molar-refractivity contribution in [2.75, 3.05) is 6.61 Å². The fourth-order valence-corrected chi connectivity index (χ4v) is 0.305. The fraction of sp³-hybridized carbons (Fsp3) is 0.600. The normalized spacial score (nSPS) is 7.70. The van der Waals surface area contributed by atoms with Gasteiger partial charge in [-0.25, -0.2) is 0 Å². The average Bonchev–Trinajstić information content (AvgIpc) is 1.63. The zero-order chi connectivity index (χ0) is 7.28. The van der Waals surface area contributed by atoms with E-state index in [1.54, 1.807) is 0 Å². The summed E-state index contributed by atoms with van der Waals surface area (Å²) in [6.45, 7) is 1.53. The lowest BCUT2D eigenvalue weighted by Gasteiger charge is -1.97. The van der Waals surface area contributed by atoms with E-state index >= 15 is 0 Å². The molecule has 0 radical (unpaired) electrons. The second-order valence-corrected chi connectivity index (χ2v) is 1.62. The molecule has 0 aliphatic carbocycles. The van der Waals surface area contributed by atoms with E-state index in [-0.39, 0.29) is 30.8 Å². The average molecular weight is 167 g/mol. The lowest BCUT2D eigenvalue weighted by Crippen LogP contribution is -2.13. The van der Waals surface area contributed by atoms with Crippen LogP contribution in [0.1, 0.15) is 13.3 Å². The van der Waals surface area contributed by atoms with Crippen LogP contribution in [0.2, 0.25) is 0 Å². The van der Waals surface area contributed by atoms with E-state index in [1.807, 2.05) is 0 Å². The van der Waals surface area contributed by atoms with Crippen LogP contribution >= 0.6 is 12.4 Å². The minimum atomic E-state index is -0.337. The first kappa shape index (κ1) is 12.0. The molecule has 0 aromatic rings. The molecular weight excluding hydrogens is 156 g/mol. The monoisotopic (exact) mass is 166 g/mol. The van der Waals surface area contributed by atoms with Gasteiger partial charge in [0.25, 0.3) is 0 Å². The van der Waals surface area contributed by atoms with Gasteiger partial charge >= 0.3 is 5.97 Å².